The second kappa shape index (κ2) is 9.63. The Kier molecular flexibility index (Phi) is 7.25. The van der Waals surface area contributed by atoms with Crippen molar-refractivity contribution in [3.05, 3.63) is 54.1 Å². The number of ether oxygens (including phenoxy) is 1. The molecule has 0 aliphatic rings. The van der Waals surface area contributed by atoms with Crippen LogP contribution in [0.25, 0.3) is 0 Å². The average molecular weight is 377 g/mol. The molecule has 0 atom stereocenters. The van der Waals surface area contributed by atoms with Crippen LogP contribution in [0.5, 0.6) is 5.75 Å². The molecule has 144 valence electrons. The van der Waals surface area contributed by atoms with Gasteiger partial charge < -0.3 is 15.4 Å². The van der Waals surface area contributed by atoms with E-state index in [1.807, 2.05) is 0 Å². The average Bonchev–Trinajstić information content (AvgIpc) is 2.64. The van der Waals surface area contributed by atoms with E-state index in [-0.39, 0.29) is 24.7 Å². The molecule has 2 aromatic rings. The Morgan fingerprint density at radius 1 is 1.00 bits per heavy atom. The maximum Gasteiger partial charge on any atom is 0.238 e. The van der Waals surface area contributed by atoms with Gasteiger partial charge in [-0.1, -0.05) is 6.92 Å². The van der Waals surface area contributed by atoms with E-state index < -0.39 is 17.5 Å². The van der Waals surface area contributed by atoms with Crippen LogP contribution in [0.15, 0.2) is 42.5 Å². The summed E-state index contributed by atoms with van der Waals surface area (Å²) < 4.78 is 31.8. The number of halogens is 2. The smallest absolute Gasteiger partial charge is 0.238 e. The molecule has 0 saturated heterocycles. The van der Waals surface area contributed by atoms with E-state index in [1.165, 1.54) is 0 Å². The maximum atomic E-state index is 13.6. The summed E-state index contributed by atoms with van der Waals surface area (Å²) in [7, 11) is 1.55. The van der Waals surface area contributed by atoms with Crippen LogP contribution in [0.3, 0.4) is 0 Å². The van der Waals surface area contributed by atoms with Crippen LogP contribution in [-0.2, 0) is 9.59 Å². The Morgan fingerprint density at radius 2 is 1.63 bits per heavy atom. The first-order chi connectivity index (χ1) is 12.9. The first-order valence-electron chi connectivity index (χ1n) is 8.32. The molecule has 0 aliphatic carbocycles. The molecule has 8 heteroatoms. The van der Waals surface area contributed by atoms with Crippen LogP contribution in [0.4, 0.5) is 20.2 Å². The molecule has 2 N–H and O–H groups in total. The number of anilines is 2. The van der Waals surface area contributed by atoms with Crippen molar-refractivity contribution in [2.45, 2.75) is 6.92 Å². The van der Waals surface area contributed by atoms with E-state index in [9.17, 15) is 18.4 Å². The third kappa shape index (κ3) is 6.34. The quantitative estimate of drug-likeness (QED) is 0.742. The van der Waals surface area contributed by atoms with Crippen LogP contribution >= 0.6 is 0 Å². The highest BCUT2D eigenvalue weighted by molar-refractivity contribution is 5.94. The first-order valence-corrected chi connectivity index (χ1v) is 8.32. The highest BCUT2D eigenvalue weighted by Crippen LogP contribution is 2.16. The van der Waals surface area contributed by atoms with Crippen molar-refractivity contribution in [2.24, 2.45) is 0 Å². The summed E-state index contributed by atoms with van der Waals surface area (Å²) in [5.74, 6) is -1.56. The maximum absolute atomic E-state index is 13.6. The Morgan fingerprint density at radius 3 is 2.22 bits per heavy atom. The lowest BCUT2D eigenvalue weighted by Crippen LogP contribution is -2.38. The molecule has 2 aromatic carbocycles. The van der Waals surface area contributed by atoms with Crippen molar-refractivity contribution in [1.82, 2.24) is 4.90 Å². The van der Waals surface area contributed by atoms with E-state index in [1.54, 1.807) is 43.2 Å². The number of nitrogens with zero attached hydrogens (tertiary/aromatic N) is 1. The predicted molar refractivity (Wildman–Crippen MR) is 98.7 cm³/mol. The second-order valence-corrected chi connectivity index (χ2v) is 5.75. The largest absolute Gasteiger partial charge is 0.497 e. The number of hydrogen-bond donors (Lipinski definition) is 2. The van der Waals surface area contributed by atoms with Gasteiger partial charge in [0, 0.05) is 11.8 Å². The van der Waals surface area contributed by atoms with E-state index in [4.69, 9.17) is 4.74 Å². The summed E-state index contributed by atoms with van der Waals surface area (Å²) in [6.07, 6.45) is 0. The summed E-state index contributed by atoms with van der Waals surface area (Å²) in [6, 6.07) is 9.64. The monoisotopic (exact) mass is 377 g/mol. The minimum atomic E-state index is -0.731. The lowest BCUT2D eigenvalue weighted by atomic mass is 10.3. The molecule has 0 heterocycles. The van der Waals surface area contributed by atoms with Crippen molar-refractivity contribution in [2.75, 3.05) is 37.4 Å². The number of carbonyl (C=O) groups excluding carboxylic acids is 2. The number of benzene rings is 2. The number of methoxy groups -OCH3 is 1. The van der Waals surface area contributed by atoms with Crippen LogP contribution in [0.2, 0.25) is 0 Å². The molecule has 6 nitrogen and oxygen atoms in total. The third-order valence-electron chi connectivity index (χ3n) is 3.76. The fourth-order valence-electron chi connectivity index (χ4n) is 2.34. The number of amides is 2. The van der Waals surface area contributed by atoms with Crippen LogP contribution in [0.1, 0.15) is 6.92 Å². The summed E-state index contributed by atoms with van der Waals surface area (Å²) in [4.78, 5) is 25.8. The minimum Gasteiger partial charge on any atom is -0.497 e. The van der Waals surface area contributed by atoms with Gasteiger partial charge in [0.2, 0.25) is 11.8 Å². The molecule has 2 amide bonds. The van der Waals surface area contributed by atoms with Gasteiger partial charge in [-0.15, -0.1) is 0 Å². The summed E-state index contributed by atoms with van der Waals surface area (Å²) in [5.41, 5.74) is 0.363. The molecule has 0 saturated carbocycles. The molecule has 0 radical (unpaired) electrons. The number of hydrogen-bond acceptors (Lipinski definition) is 4. The lowest BCUT2D eigenvalue weighted by Gasteiger charge is -2.19. The van der Waals surface area contributed by atoms with Crippen LogP contribution in [0, 0.1) is 11.6 Å². The Bertz CT molecular complexity index is 797. The van der Waals surface area contributed by atoms with Crippen molar-refractivity contribution in [3.8, 4) is 5.75 Å². The molecule has 0 spiro atoms. The van der Waals surface area contributed by atoms with Gasteiger partial charge in [0.05, 0.1) is 25.9 Å². The fraction of sp³-hybridized carbons (Fsp3) is 0.263. The Labute approximate surface area is 156 Å². The van der Waals surface area contributed by atoms with Gasteiger partial charge in [-0.25, -0.2) is 8.78 Å². The topological polar surface area (TPSA) is 70.7 Å². The second-order valence-electron chi connectivity index (χ2n) is 5.75. The first kappa shape index (κ1) is 20.3. The van der Waals surface area contributed by atoms with E-state index in [0.29, 0.717) is 18.0 Å². The summed E-state index contributed by atoms with van der Waals surface area (Å²) >= 11 is 0. The van der Waals surface area contributed by atoms with Crippen molar-refractivity contribution < 1.29 is 23.1 Å². The highest BCUT2D eigenvalue weighted by Gasteiger charge is 2.15. The highest BCUT2D eigenvalue weighted by atomic mass is 19.1. The van der Waals surface area contributed by atoms with Gasteiger partial charge >= 0.3 is 0 Å². The van der Waals surface area contributed by atoms with E-state index >= 15 is 0 Å². The minimum absolute atomic E-state index is 0.0262. The van der Waals surface area contributed by atoms with Gasteiger partial charge in [0.25, 0.3) is 0 Å². The number of carbonyl (C=O) groups is 2. The molecule has 2 rings (SSSR count). The van der Waals surface area contributed by atoms with Gasteiger partial charge in [0.1, 0.15) is 17.4 Å². The number of rotatable bonds is 8. The molecule has 27 heavy (non-hydrogen) atoms. The van der Waals surface area contributed by atoms with Gasteiger partial charge in [-0.2, -0.15) is 0 Å². The molecule has 0 unspecified atom stereocenters. The van der Waals surface area contributed by atoms with E-state index in [0.717, 1.165) is 18.2 Å². The summed E-state index contributed by atoms with van der Waals surface area (Å²) in [5, 5.41) is 5.03. The van der Waals surface area contributed by atoms with Crippen LogP contribution in [-0.4, -0.2) is 43.5 Å². The van der Waals surface area contributed by atoms with Crippen molar-refractivity contribution >= 4 is 23.2 Å². The van der Waals surface area contributed by atoms with Gasteiger partial charge in [-0.05, 0) is 42.9 Å². The normalized spacial score (nSPS) is 10.6. The zero-order valence-corrected chi connectivity index (χ0v) is 15.1. The molecule has 0 bridgehead atoms. The van der Waals surface area contributed by atoms with Crippen molar-refractivity contribution in [1.29, 1.82) is 0 Å². The molecule has 0 fully saturated rings. The standard InChI is InChI=1S/C19H21F2N3O3/c1-3-24(11-18(25)22-14-5-7-15(27-2)8-6-14)12-19(26)23-17-10-13(20)4-9-16(17)21/h4-10H,3,11-12H2,1-2H3,(H,22,25)(H,23,26). The SMILES string of the molecule is CCN(CC(=O)Nc1ccc(OC)cc1)CC(=O)Nc1cc(F)ccc1F. The zero-order valence-electron chi connectivity index (χ0n) is 15.1. The lowest BCUT2D eigenvalue weighted by molar-refractivity contribution is -0.119. The number of nitrogens with one attached hydrogen (secondary N) is 2. The molecule has 0 aliphatic heterocycles. The zero-order chi connectivity index (χ0) is 19.8. The Balaban J connectivity index is 1.88. The van der Waals surface area contributed by atoms with E-state index in [2.05, 4.69) is 10.6 Å². The molecular formula is C19H21F2N3O3. The van der Waals surface area contributed by atoms with Crippen molar-refractivity contribution in [3.63, 3.8) is 0 Å². The Hall–Kier alpha value is -3.00. The number of likely N-dealkylation sites (N-methyl/N-ethyl adjacent to an activating group) is 1. The van der Waals surface area contributed by atoms with Crippen LogP contribution < -0.4 is 15.4 Å². The van der Waals surface area contributed by atoms with Gasteiger partial charge in [-0.3, -0.25) is 14.5 Å². The molecule has 0 aromatic heterocycles. The molecular weight excluding hydrogens is 356 g/mol. The summed E-state index contributed by atoms with van der Waals surface area (Å²) in [6.45, 7) is 2.05. The fourth-order valence-corrected chi connectivity index (χ4v) is 2.34. The third-order valence-corrected chi connectivity index (χ3v) is 3.76. The van der Waals surface area contributed by atoms with Gasteiger partial charge in [0.15, 0.2) is 0 Å². The predicted octanol–water partition coefficient (Wildman–Crippen LogP) is 2.87.